The normalized spacial score (nSPS) is 14.8. The topological polar surface area (TPSA) is 21.3 Å². The molecule has 0 aromatic heterocycles. The molecule has 0 spiro atoms. The van der Waals surface area contributed by atoms with Crippen LogP contribution in [-0.4, -0.2) is 19.7 Å². The summed E-state index contributed by atoms with van der Waals surface area (Å²) in [4.78, 5) is 0. The Morgan fingerprint density at radius 1 is 1.22 bits per heavy atom. The van der Waals surface area contributed by atoms with Crippen molar-refractivity contribution in [2.24, 2.45) is 5.92 Å². The lowest BCUT2D eigenvalue weighted by atomic mass is 10.1. The van der Waals surface area contributed by atoms with E-state index in [0.29, 0.717) is 18.0 Å². The molecule has 0 saturated carbocycles. The highest BCUT2D eigenvalue weighted by Gasteiger charge is 2.18. The van der Waals surface area contributed by atoms with E-state index >= 15 is 0 Å². The van der Waals surface area contributed by atoms with Gasteiger partial charge in [0, 0.05) is 12.1 Å². The zero-order chi connectivity index (χ0) is 13.5. The van der Waals surface area contributed by atoms with Gasteiger partial charge in [-0.1, -0.05) is 32.0 Å². The average Bonchev–Trinajstić information content (AvgIpc) is 2.28. The molecule has 2 atom stereocenters. The molecular formula is C15H24FNO. The lowest BCUT2D eigenvalue weighted by Crippen LogP contribution is -2.25. The molecule has 0 radical (unpaired) electrons. The van der Waals surface area contributed by atoms with E-state index in [0.717, 1.165) is 6.42 Å². The van der Waals surface area contributed by atoms with Crippen LogP contribution in [0.4, 0.5) is 4.39 Å². The molecule has 102 valence electrons. The summed E-state index contributed by atoms with van der Waals surface area (Å²) in [6.07, 6.45) is 0.877. The van der Waals surface area contributed by atoms with Crippen LogP contribution in [0.3, 0.4) is 0 Å². The molecule has 0 heterocycles. The summed E-state index contributed by atoms with van der Waals surface area (Å²) in [6, 6.07) is 6.82. The molecule has 2 unspecified atom stereocenters. The number of likely N-dealkylation sites (N-methyl/N-ethyl adjacent to an activating group) is 1. The van der Waals surface area contributed by atoms with E-state index < -0.39 is 0 Å². The van der Waals surface area contributed by atoms with Gasteiger partial charge < -0.3 is 10.1 Å². The molecule has 1 N–H and O–H groups in total. The van der Waals surface area contributed by atoms with Crippen LogP contribution in [0.15, 0.2) is 24.3 Å². The molecule has 3 heteroatoms. The van der Waals surface area contributed by atoms with Crippen LogP contribution in [0.25, 0.3) is 0 Å². The Hall–Kier alpha value is -0.930. The summed E-state index contributed by atoms with van der Waals surface area (Å²) < 4.78 is 19.7. The second-order valence-electron chi connectivity index (χ2n) is 5.14. The summed E-state index contributed by atoms with van der Waals surface area (Å²) >= 11 is 0. The second-order valence-corrected chi connectivity index (χ2v) is 5.14. The van der Waals surface area contributed by atoms with Gasteiger partial charge in [-0.15, -0.1) is 0 Å². The maximum absolute atomic E-state index is 13.8. The van der Waals surface area contributed by atoms with Crippen molar-refractivity contribution in [2.75, 3.05) is 13.6 Å². The molecule has 0 aliphatic heterocycles. The first kappa shape index (κ1) is 15.1. The monoisotopic (exact) mass is 253 g/mol. The number of halogens is 1. The fourth-order valence-electron chi connectivity index (χ4n) is 2.15. The Balaban J connectivity index is 2.74. The predicted molar refractivity (Wildman–Crippen MR) is 73.1 cm³/mol. The number of hydrogen-bond acceptors (Lipinski definition) is 2. The fourth-order valence-corrected chi connectivity index (χ4v) is 2.15. The maximum atomic E-state index is 13.8. The minimum atomic E-state index is -0.232. The van der Waals surface area contributed by atoms with Crippen molar-refractivity contribution >= 4 is 0 Å². The number of rotatable bonds is 7. The van der Waals surface area contributed by atoms with E-state index in [-0.39, 0.29) is 18.0 Å². The van der Waals surface area contributed by atoms with Crippen molar-refractivity contribution in [2.45, 2.75) is 39.4 Å². The largest absolute Gasteiger partial charge is 0.369 e. The van der Waals surface area contributed by atoms with Crippen molar-refractivity contribution in [3.8, 4) is 0 Å². The van der Waals surface area contributed by atoms with Gasteiger partial charge in [-0.2, -0.15) is 0 Å². The number of benzene rings is 1. The molecule has 1 aromatic carbocycles. The van der Waals surface area contributed by atoms with Crippen LogP contribution in [0.2, 0.25) is 0 Å². The van der Waals surface area contributed by atoms with Gasteiger partial charge >= 0.3 is 0 Å². The molecule has 1 aromatic rings. The number of ether oxygens (including phenoxy) is 1. The van der Waals surface area contributed by atoms with Crippen LogP contribution in [0, 0.1) is 11.7 Å². The molecule has 0 aliphatic carbocycles. The fraction of sp³-hybridized carbons (Fsp3) is 0.600. The van der Waals surface area contributed by atoms with Crippen LogP contribution in [-0.2, 0) is 4.74 Å². The third-order valence-electron chi connectivity index (χ3n) is 2.84. The standard InChI is InChI=1S/C15H24FNO/c1-11(2)9-12(3)18-15(10-17-4)13-7-5-6-8-14(13)16/h5-8,11-12,15,17H,9-10H2,1-4H3. The van der Waals surface area contributed by atoms with E-state index in [1.807, 2.05) is 20.0 Å². The van der Waals surface area contributed by atoms with E-state index in [2.05, 4.69) is 19.2 Å². The quantitative estimate of drug-likeness (QED) is 0.802. The van der Waals surface area contributed by atoms with Crippen molar-refractivity contribution in [3.63, 3.8) is 0 Å². The van der Waals surface area contributed by atoms with Gasteiger partial charge in [0.1, 0.15) is 5.82 Å². The SMILES string of the molecule is CNCC(OC(C)CC(C)C)c1ccccc1F. The van der Waals surface area contributed by atoms with Crippen LogP contribution < -0.4 is 5.32 Å². The van der Waals surface area contributed by atoms with Crippen molar-refractivity contribution in [3.05, 3.63) is 35.6 Å². The van der Waals surface area contributed by atoms with Gasteiger partial charge in [-0.3, -0.25) is 0 Å². The maximum Gasteiger partial charge on any atom is 0.129 e. The summed E-state index contributed by atoms with van der Waals surface area (Å²) in [7, 11) is 1.85. The molecule has 1 rings (SSSR count). The molecule has 0 bridgehead atoms. The third-order valence-corrected chi connectivity index (χ3v) is 2.84. The Morgan fingerprint density at radius 3 is 2.44 bits per heavy atom. The molecular weight excluding hydrogens is 229 g/mol. The molecule has 0 aliphatic rings. The van der Waals surface area contributed by atoms with Gasteiger partial charge in [0.15, 0.2) is 0 Å². The highest BCUT2D eigenvalue weighted by Crippen LogP contribution is 2.23. The average molecular weight is 253 g/mol. The molecule has 0 fully saturated rings. The molecule has 0 saturated heterocycles. The highest BCUT2D eigenvalue weighted by atomic mass is 19.1. The van der Waals surface area contributed by atoms with Gasteiger partial charge in [0.05, 0.1) is 12.2 Å². The minimum Gasteiger partial charge on any atom is -0.369 e. The van der Waals surface area contributed by atoms with E-state index in [1.54, 1.807) is 12.1 Å². The Bertz CT molecular complexity index is 354. The van der Waals surface area contributed by atoms with Gasteiger partial charge in [0.2, 0.25) is 0 Å². The molecule has 18 heavy (non-hydrogen) atoms. The third kappa shape index (κ3) is 4.75. The molecule has 0 amide bonds. The van der Waals surface area contributed by atoms with Crippen LogP contribution >= 0.6 is 0 Å². The van der Waals surface area contributed by atoms with Crippen molar-refractivity contribution in [1.82, 2.24) is 5.32 Å². The summed E-state index contributed by atoms with van der Waals surface area (Å²) in [6.45, 7) is 6.99. The zero-order valence-electron chi connectivity index (χ0n) is 11.7. The van der Waals surface area contributed by atoms with Crippen molar-refractivity contribution in [1.29, 1.82) is 0 Å². The first-order valence-corrected chi connectivity index (χ1v) is 6.59. The van der Waals surface area contributed by atoms with Gasteiger partial charge in [-0.25, -0.2) is 4.39 Å². The van der Waals surface area contributed by atoms with Gasteiger partial charge in [0.25, 0.3) is 0 Å². The number of hydrogen-bond donors (Lipinski definition) is 1. The Kier molecular flexibility index (Phi) is 6.30. The van der Waals surface area contributed by atoms with Gasteiger partial charge in [-0.05, 0) is 32.4 Å². The van der Waals surface area contributed by atoms with E-state index in [9.17, 15) is 4.39 Å². The lowest BCUT2D eigenvalue weighted by Gasteiger charge is -2.24. The predicted octanol–water partition coefficient (Wildman–Crippen LogP) is 3.54. The summed E-state index contributed by atoms with van der Waals surface area (Å²) in [5.74, 6) is 0.380. The first-order chi connectivity index (χ1) is 8.54. The second kappa shape index (κ2) is 7.49. The summed E-state index contributed by atoms with van der Waals surface area (Å²) in [5, 5.41) is 3.06. The molecule has 2 nitrogen and oxygen atoms in total. The first-order valence-electron chi connectivity index (χ1n) is 6.59. The van der Waals surface area contributed by atoms with E-state index in [4.69, 9.17) is 4.74 Å². The minimum absolute atomic E-state index is 0.128. The Morgan fingerprint density at radius 2 is 1.89 bits per heavy atom. The highest BCUT2D eigenvalue weighted by molar-refractivity contribution is 5.20. The smallest absolute Gasteiger partial charge is 0.129 e. The van der Waals surface area contributed by atoms with Crippen LogP contribution in [0.1, 0.15) is 38.9 Å². The van der Waals surface area contributed by atoms with Crippen LogP contribution in [0.5, 0.6) is 0 Å². The zero-order valence-corrected chi connectivity index (χ0v) is 11.7. The summed E-state index contributed by atoms with van der Waals surface area (Å²) in [5.41, 5.74) is 0.627. The Labute approximate surface area is 110 Å². The number of nitrogens with one attached hydrogen (secondary N) is 1. The lowest BCUT2D eigenvalue weighted by molar-refractivity contribution is -0.0134. The van der Waals surface area contributed by atoms with Crippen molar-refractivity contribution < 1.29 is 9.13 Å². The van der Waals surface area contributed by atoms with E-state index in [1.165, 1.54) is 6.07 Å².